The standard InChI is InChI=1S/C25H28N2O7/c1-3-5-11-7-12(6-4-2)19(29)16-14(11)10-24(27)9-13-8-15(28)17(23(26)33)21(31)25(13,34)22(32)18(24)20(16)30/h4,6-7,13,28-29,32,34H,3,5,8-10,27H2,1-2H3,(H2,26,33)/b6-4+/t13-,24+,25-/m1/s1. The highest BCUT2D eigenvalue weighted by Gasteiger charge is 2.63. The van der Waals surface area contributed by atoms with Gasteiger partial charge in [0.1, 0.15) is 22.8 Å². The summed E-state index contributed by atoms with van der Waals surface area (Å²) in [6.07, 6.45) is 4.39. The van der Waals surface area contributed by atoms with Gasteiger partial charge >= 0.3 is 0 Å². The van der Waals surface area contributed by atoms with Gasteiger partial charge in [0.2, 0.25) is 5.78 Å². The van der Waals surface area contributed by atoms with E-state index in [0.717, 1.165) is 12.0 Å². The van der Waals surface area contributed by atoms with Gasteiger partial charge in [0.15, 0.2) is 11.4 Å². The van der Waals surface area contributed by atoms with Gasteiger partial charge in [-0.05, 0) is 43.4 Å². The lowest BCUT2D eigenvalue weighted by atomic mass is 9.57. The molecule has 9 nitrogen and oxygen atoms in total. The van der Waals surface area contributed by atoms with E-state index in [2.05, 4.69) is 0 Å². The first-order valence-electron chi connectivity index (χ1n) is 11.2. The van der Waals surface area contributed by atoms with Gasteiger partial charge in [-0.15, -0.1) is 0 Å². The average Bonchev–Trinajstić information content (AvgIpc) is 2.73. The predicted molar refractivity (Wildman–Crippen MR) is 123 cm³/mol. The highest BCUT2D eigenvalue weighted by atomic mass is 16.3. The summed E-state index contributed by atoms with van der Waals surface area (Å²) in [5.41, 5.74) is 8.37. The Labute approximate surface area is 196 Å². The number of phenols is 1. The molecule has 1 aromatic carbocycles. The Kier molecular flexibility index (Phi) is 5.45. The second kappa shape index (κ2) is 7.82. The summed E-state index contributed by atoms with van der Waals surface area (Å²) in [4.78, 5) is 38.6. The van der Waals surface area contributed by atoms with Gasteiger partial charge in [-0.2, -0.15) is 0 Å². The van der Waals surface area contributed by atoms with Crippen LogP contribution < -0.4 is 11.5 Å². The monoisotopic (exact) mass is 468 g/mol. The van der Waals surface area contributed by atoms with Gasteiger partial charge in [0.25, 0.3) is 5.91 Å². The van der Waals surface area contributed by atoms with E-state index >= 15 is 0 Å². The SMILES string of the molecule is C/C=C/c1cc(CCC)c2c(c1O)C(=O)C1=C(O)[C@]3(O)C(=O)C(C(N)=O)=C(O)C[C@@H]3C[C@]1(N)C2. The number of amides is 1. The molecule has 4 rings (SSSR count). The molecule has 0 heterocycles. The summed E-state index contributed by atoms with van der Waals surface area (Å²) < 4.78 is 0. The number of nitrogens with two attached hydrogens (primary N) is 2. The highest BCUT2D eigenvalue weighted by Crippen LogP contribution is 2.53. The van der Waals surface area contributed by atoms with Crippen molar-refractivity contribution in [3.8, 4) is 5.75 Å². The third kappa shape index (κ3) is 3.04. The number of benzene rings is 1. The number of primary amides is 1. The van der Waals surface area contributed by atoms with Crippen LogP contribution in [0.15, 0.2) is 34.8 Å². The van der Waals surface area contributed by atoms with Crippen LogP contribution in [0.25, 0.3) is 6.08 Å². The van der Waals surface area contributed by atoms with Crippen LogP contribution in [-0.2, 0) is 22.4 Å². The number of carbonyl (C=O) groups is 3. The number of carbonyl (C=O) groups excluding carboxylic acids is 3. The summed E-state index contributed by atoms with van der Waals surface area (Å²) in [6.45, 7) is 3.75. The number of phenolic OH excluding ortho intramolecular Hbond substituents is 1. The normalized spacial score (nSPS) is 28.8. The Morgan fingerprint density at radius 1 is 1.26 bits per heavy atom. The van der Waals surface area contributed by atoms with E-state index in [1.165, 1.54) is 0 Å². The van der Waals surface area contributed by atoms with Gasteiger partial charge in [0.05, 0.1) is 16.7 Å². The number of ketones is 2. The molecule has 9 heteroatoms. The molecule has 0 saturated heterocycles. The van der Waals surface area contributed by atoms with Crippen molar-refractivity contribution in [2.45, 2.75) is 57.1 Å². The summed E-state index contributed by atoms with van der Waals surface area (Å²) in [7, 11) is 0. The van der Waals surface area contributed by atoms with Crippen molar-refractivity contribution < 1.29 is 34.8 Å². The van der Waals surface area contributed by atoms with Gasteiger partial charge in [-0.3, -0.25) is 14.4 Å². The number of hydrogen-bond acceptors (Lipinski definition) is 8. The summed E-state index contributed by atoms with van der Waals surface area (Å²) in [6, 6.07) is 1.81. The fourth-order valence-corrected chi connectivity index (χ4v) is 5.70. The number of aromatic hydroxyl groups is 1. The fourth-order valence-electron chi connectivity index (χ4n) is 5.70. The molecule has 0 aliphatic heterocycles. The lowest BCUT2D eigenvalue weighted by Crippen LogP contribution is -2.64. The van der Waals surface area contributed by atoms with Crippen molar-refractivity contribution in [1.29, 1.82) is 0 Å². The number of aryl methyl sites for hydroxylation is 1. The minimum Gasteiger partial charge on any atom is -0.511 e. The van der Waals surface area contributed by atoms with E-state index in [4.69, 9.17) is 11.5 Å². The maximum Gasteiger partial charge on any atom is 0.255 e. The average molecular weight is 469 g/mol. The van der Waals surface area contributed by atoms with Gasteiger partial charge < -0.3 is 31.9 Å². The molecule has 1 aromatic rings. The Morgan fingerprint density at radius 2 is 1.94 bits per heavy atom. The number of aliphatic hydroxyl groups is 3. The lowest BCUT2D eigenvalue weighted by molar-refractivity contribution is -0.144. The van der Waals surface area contributed by atoms with Crippen LogP contribution in [-0.4, -0.2) is 49.0 Å². The fraction of sp³-hybridized carbons (Fsp3) is 0.400. The maximum absolute atomic E-state index is 13.7. The van der Waals surface area contributed by atoms with Crippen LogP contribution >= 0.6 is 0 Å². The smallest absolute Gasteiger partial charge is 0.255 e. The van der Waals surface area contributed by atoms with Crippen molar-refractivity contribution in [3.05, 3.63) is 57.1 Å². The first-order chi connectivity index (χ1) is 15.9. The molecule has 0 saturated carbocycles. The van der Waals surface area contributed by atoms with E-state index in [1.807, 2.05) is 6.92 Å². The van der Waals surface area contributed by atoms with Crippen LogP contribution in [0.5, 0.6) is 5.75 Å². The highest BCUT2D eigenvalue weighted by molar-refractivity contribution is 6.24. The van der Waals surface area contributed by atoms with Crippen LogP contribution in [0.4, 0.5) is 0 Å². The zero-order valence-electron chi connectivity index (χ0n) is 19.0. The molecule has 180 valence electrons. The van der Waals surface area contributed by atoms with Crippen molar-refractivity contribution in [1.82, 2.24) is 0 Å². The topological polar surface area (TPSA) is 184 Å². The molecule has 34 heavy (non-hydrogen) atoms. The van der Waals surface area contributed by atoms with Crippen LogP contribution in [0.2, 0.25) is 0 Å². The summed E-state index contributed by atoms with van der Waals surface area (Å²) in [5, 5.41) is 43.7. The maximum atomic E-state index is 13.7. The number of hydrogen-bond donors (Lipinski definition) is 6. The zero-order valence-corrected chi connectivity index (χ0v) is 19.0. The molecule has 1 amide bonds. The number of fused-ring (bicyclic) bond motifs is 3. The van der Waals surface area contributed by atoms with Gasteiger partial charge in [0, 0.05) is 17.9 Å². The number of rotatable bonds is 4. The number of aliphatic hydroxyl groups excluding tert-OH is 2. The molecule has 0 radical (unpaired) electrons. The molecular formula is C25H28N2O7. The van der Waals surface area contributed by atoms with Crippen molar-refractivity contribution in [3.63, 3.8) is 0 Å². The van der Waals surface area contributed by atoms with Crippen molar-refractivity contribution in [2.75, 3.05) is 0 Å². The first-order valence-corrected chi connectivity index (χ1v) is 11.2. The second-order valence-corrected chi connectivity index (χ2v) is 9.35. The van der Waals surface area contributed by atoms with Crippen molar-refractivity contribution >= 4 is 23.5 Å². The van der Waals surface area contributed by atoms with Gasteiger partial charge in [-0.1, -0.05) is 25.5 Å². The second-order valence-electron chi connectivity index (χ2n) is 9.35. The third-order valence-electron chi connectivity index (χ3n) is 7.19. The molecule has 0 fully saturated rings. The molecule has 0 spiro atoms. The lowest BCUT2D eigenvalue weighted by Gasteiger charge is -2.50. The van der Waals surface area contributed by atoms with Crippen LogP contribution in [0.3, 0.4) is 0 Å². The van der Waals surface area contributed by atoms with Crippen LogP contribution in [0, 0.1) is 5.92 Å². The van der Waals surface area contributed by atoms with E-state index in [9.17, 15) is 34.8 Å². The largest absolute Gasteiger partial charge is 0.511 e. The molecule has 0 bridgehead atoms. The van der Waals surface area contributed by atoms with E-state index in [0.29, 0.717) is 17.5 Å². The Bertz CT molecular complexity index is 1240. The number of allylic oxidation sites excluding steroid dienone is 2. The summed E-state index contributed by atoms with van der Waals surface area (Å²) >= 11 is 0. The number of Topliss-reactive ketones (excluding diaryl/α,β-unsaturated/α-hetero) is 2. The molecule has 8 N–H and O–H groups in total. The zero-order chi connectivity index (χ0) is 25.2. The molecule has 0 unspecified atom stereocenters. The Morgan fingerprint density at radius 3 is 2.53 bits per heavy atom. The Balaban J connectivity index is 1.99. The quantitative estimate of drug-likeness (QED) is 0.360. The molecular weight excluding hydrogens is 440 g/mol. The molecule has 3 atom stereocenters. The van der Waals surface area contributed by atoms with Gasteiger partial charge in [-0.25, -0.2) is 0 Å². The minimum atomic E-state index is -2.65. The Hall–Kier alpha value is -3.43. The van der Waals surface area contributed by atoms with Crippen molar-refractivity contribution in [2.24, 2.45) is 17.4 Å². The van der Waals surface area contributed by atoms with E-state index in [1.54, 1.807) is 25.1 Å². The minimum absolute atomic E-state index is 0.0273. The predicted octanol–water partition coefficient (Wildman–Crippen LogP) is 1.65. The van der Waals surface area contributed by atoms with Crippen LogP contribution in [0.1, 0.15) is 60.2 Å². The van der Waals surface area contributed by atoms with E-state index < -0.39 is 51.6 Å². The molecule has 3 aliphatic rings. The summed E-state index contributed by atoms with van der Waals surface area (Å²) in [5.74, 6) is -6.24. The molecule has 3 aliphatic carbocycles. The molecule has 0 aromatic heterocycles. The van der Waals surface area contributed by atoms with E-state index in [-0.39, 0.29) is 36.1 Å². The third-order valence-corrected chi connectivity index (χ3v) is 7.19. The first kappa shape index (κ1) is 23.7.